The normalized spacial score (nSPS) is 21.6. The molecule has 3 rings (SSSR count). The number of furan rings is 1. The molecule has 1 aliphatic rings. The minimum atomic E-state index is -0.170. The molecule has 0 N–H and O–H groups in total. The molecule has 21 heavy (non-hydrogen) atoms. The van der Waals surface area contributed by atoms with Crippen LogP contribution in [0.5, 0.6) is 0 Å². The van der Waals surface area contributed by atoms with Crippen molar-refractivity contribution in [2.24, 2.45) is 0 Å². The Morgan fingerprint density at radius 2 is 2.14 bits per heavy atom. The third-order valence-electron chi connectivity index (χ3n) is 4.11. The molecule has 5 heteroatoms. The van der Waals surface area contributed by atoms with Crippen LogP contribution in [0.15, 0.2) is 28.7 Å². The Hall–Kier alpha value is -1.36. The average Bonchev–Trinajstić information content (AvgIpc) is 2.82. The summed E-state index contributed by atoms with van der Waals surface area (Å²) in [4.78, 5) is 17.1. The zero-order valence-corrected chi connectivity index (χ0v) is 13.1. The fourth-order valence-electron chi connectivity index (χ4n) is 2.87. The van der Waals surface area contributed by atoms with Gasteiger partial charge in [0.1, 0.15) is 0 Å². The molecule has 1 aliphatic heterocycles. The Kier molecular flexibility index (Phi) is 4.02. The lowest BCUT2D eigenvalue weighted by Gasteiger charge is -2.25. The lowest BCUT2D eigenvalue weighted by Crippen LogP contribution is -2.43. The van der Waals surface area contributed by atoms with Gasteiger partial charge in [0.25, 0.3) is 0 Å². The van der Waals surface area contributed by atoms with Gasteiger partial charge in [-0.3, -0.25) is 9.69 Å². The van der Waals surface area contributed by atoms with Crippen LogP contribution in [-0.2, 0) is 0 Å². The SMILES string of the molecule is CN1CCCN(C)C(C(=O)c2cc3cccc(Cl)c3o2)C1. The Morgan fingerprint density at radius 3 is 2.90 bits per heavy atom. The van der Waals surface area contributed by atoms with E-state index in [9.17, 15) is 4.79 Å². The van der Waals surface area contributed by atoms with Crippen molar-refractivity contribution in [3.63, 3.8) is 0 Å². The monoisotopic (exact) mass is 306 g/mol. The van der Waals surface area contributed by atoms with Crippen molar-refractivity contribution in [2.75, 3.05) is 33.7 Å². The van der Waals surface area contributed by atoms with E-state index in [0.29, 0.717) is 16.4 Å². The summed E-state index contributed by atoms with van der Waals surface area (Å²) in [5, 5.41) is 1.41. The standard InChI is InChI=1S/C16H19ClN2O2/c1-18-7-4-8-19(2)13(10-18)15(20)14-9-11-5-3-6-12(17)16(11)21-14/h3,5-6,9,13H,4,7-8,10H2,1-2H3. The largest absolute Gasteiger partial charge is 0.451 e. The van der Waals surface area contributed by atoms with Crippen molar-refractivity contribution in [1.29, 1.82) is 0 Å². The van der Waals surface area contributed by atoms with E-state index in [0.717, 1.165) is 31.4 Å². The summed E-state index contributed by atoms with van der Waals surface area (Å²) >= 11 is 6.12. The van der Waals surface area contributed by atoms with Crippen molar-refractivity contribution in [3.8, 4) is 0 Å². The van der Waals surface area contributed by atoms with E-state index in [1.807, 2.05) is 19.2 Å². The zero-order valence-electron chi connectivity index (χ0n) is 12.3. The minimum Gasteiger partial charge on any atom is -0.451 e. The van der Waals surface area contributed by atoms with Gasteiger partial charge in [-0.05, 0) is 45.7 Å². The van der Waals surface area contributed by atoms with Gasteiger partial charge in [0.2, 0.25) is 5.78 Å². The van der Waals surface area contributed by atoms with E-state index in [2.05, 4.69) is 16.8 Å². The number of rotatable bonds is 2. The molecule has 0 bridgehead atoms. The number of ketones is 1. The van der Waals surface area contributed by atoms with Crippen LogP contribution in [0.25, 0.3) is 11.0 Å². The van der Waals surface area contributed by atoms with Crippen LogP contribution in [0.3, 0.4) is 0 Å². The molecule has 1 aromatic carbocycles. The number of para-hydroxylation sites is 1. The highest BCUT2D eigenvalue weighted by Crippen LogP contribution is 2.27. The molecule has 0 radical (unpaired) electrons. The van der Waals surface area contributed by atoms with Crippen molar-refractivity contribution in [1.82, 2.24) is 9.80 Å². The highest BCUT2D eigenvalue weighted by molar-refractivity contribution is 6.34. The summed E-state index contributed by atoms with van der Waals surface area (Å²) in [5.74, 6) is 0.420. The number of hydrogen-bond acceptors (Lipinski definition) is 4. The highest BCUT2D eigenvalue weighted by atomic mass is 35.5. The van der Waals surface area contributed by atoms with Crippen LogP contribution in [0.2, 0.25) is 5.02 Å². The van der Waals surface area contributed by atoms with Gasteiger partial charge in [-0.1, -0.05) is 23.7 Å². The molecule has 1 unspecified atom stereocenters. The van der Waals surface area contributed by atoms with Gasteiger partial charge in [0, 0.05) is 11.9 Å². The molecule has 112 valence electrons. The summed E-state index contributed by atoms with van der Waals surface area (Å²) in [6.45, 7) is 2.65. The maximum absolute atomic E-state index is 12.8. The van der Waals surface area contributed by atoms with Gasteiger partial charge in [-0.2, -0.15) is 0 Å². The first-order chi connectivity index (χ1) is 10.1. The number of halogens is 1. The molecule has 4 nitrogen and oxygen atoms in total. The van der Waals surface area contributed by atoms with Gasteiger partial charge in [-0.25, -0.2) is 0 Å². The third kappa shape index (κ3) is 2.84. The molecule has 1 fully saturated rings. The summed E-state index contributed by atoms with van der Waals surface area (Å²) in [6, 6.07) is 7.16. The lowest BCUT2D eigenvalue weighted by molar-refractivity contribution is 0.0813. The molecular formula is C16H19ClN2O2. The van der Waals surface area contributed by atoms with Gasteiger partial charge >= 0.3 is 0 Å². The van der Waals surface area contributed by atoms with Gasteiger partial charge in [-0.15, -0.1) is 0 Å². The van der Waals surface area contributed by atoms with E-state index in [-0.39, 0.29) is 11.8 Å². The van der Waals surface area contributed by atoms with E-state index in [1.165, 1.54) is 0 Å². The van der Waals surface area contributed by atoms with Crippen molar-refractivity contribution >= 4 is 28.4 Å². The van der Waals surface area contributed by atoms with Gasteiger partial charge in [0.05, 0.1) is 11.1 Å². The Bertz CT molecular complexity index is 667. The number of hydrogen-bond donors (Lipinski definition) is 0. The number of likely N-dealkylation sites (N-methyl/N-ethyl adjacent to an activating group) is 2. The number of fused-ring (bicyclic) bond motifs is 1. The first-order valence-electron chi connectivity index (χ1n) is 7.17. The lowest BCUT2D eigenvalue weighted by atomic mass is 10.1. The summed E-state index contributed by atoms with van der Waals surface area (Å²) in [6.07, 6.45) is 1.07. The molecule has 1 aromatic heterocycles. The fourth-order valence-corrected chi connectivity index (χ4v) is 3.09. The predicted octanol–water partition coefficient (Wildman–Crippen LogP) is 2.90. The molecule has 0 aliphatic carbocycles. The summed E-state index contributed by atoms with van der Waals surface area (Å²) in [5.41, 5.74) is 0.590. The third-order valence-corrected chi connectivity index (χ3v) is 4.41. The first-order valence-corrected chi connectivity index (χ1v) is 7.55. The second-order valence-corrected chi connectivity index (χ2v) is 6.15. The quantitative estimate of drug-likeness (QED) is 0.800. The Morgan fingerprint density at radius 1 is 1.33 bits per heavy atom. The summed E-state index contributed by atoms with van der Waals surface area (Å²) < 4.78 is 5.71. The molecule has 0 saturated carbocycles. The van der Waals surface area contributed by atoms with Gasteiger partial charge in [0.15, 0.2) is 11.3 Å². The van der Waals surface area contributed by atoms with Crippen molar-refractivity contribution < 1.29 is 9.21 Å². The van der Waals surface area contributed by atoms with Crippen LogP contribution < -0.4 is 0 Å². The predicted molar refractivity (Wildman–Crippen MR) is 84.1 cm³/mol. The van der Waals surface area contributed by atoms with Crippen LogP contribution in [0, 0.1) is 0 Å². The number of carbonyl (C=O) groups excluding carboxylic acids is 1. The highest BCUT2D eigenvalue weighted by Gasteiger charge is 2.30. The smallest absolute Gasteiger partial charge is 0.216 e. The molecule has 0 amide bonds. The van der Waals surface area contributed by atoms with Crippen molar-refractivity contribution in [2.45, 2.75) is 12.5 Å². The Balaban J connectivity index is 1.93. The van der Waals surface area contributed by atoms with Crippen molar-refractivity contribution in [3.05, 3.63) is 35.0 Å². The van der Waals surface area contributed by atoms with E-state index < -0.39 is 0 Å². The number of carbonyl (C=O) groups is 1. The van der Waals surface area contributed by atoms with E-state index in [4.69, 9.17) is 16.0 Å². The van der Waals surface area contributed by atoms with Crippen LogP contribution in [0.4, 0.5) is 0 Å². The Labute approximate surface area is 129 Å². The minimum absolute atomic E-state index is 0.0264. The summed E-state index contributed by atoms with van der Waals surface area (Å²) in [7, 11) is 4.05. The van der Waals surface area contributed by atoms with E-state index in [1.54, 1.807) is 12.1 Å². The second-order valence-electron chi connectivity index (χ2n) is 5.75. The fraction of sp³-hybridized carbons (Fsp3) is 0.438. The van der Waals surface area contributed by atoms with E-state index >= 15 is 0 Å². The maximum Gasteiger partial charge on any atom is 0.216 e. The van der Waals surface area contributed by atoms with Crippen LogP contribution >= 0.6 is 11.6 Å². The maximum atomic E-state index is 12.8. The molecule has 2 aromatic rings. The zero-order chi connectivity index (χ0) is 15.0. The molecular weight excluding hydrogens is 288 g/mol. The van der Waals surface area contributed by atoms with Crippen LogP contribution in [0.1, 0.15) is 17.0 Å². The molecule has 2 heterocycles. The second kappa shape index (κ2) is 5.79. The number of nitrogens with zero attached hydrogens (tertiary/aromatic N) is 2. The number of benzene rings is 1. The first kappa shape index (κ1) is 14.6. The topological polar surface area (TPSA) is 36.7 Å². The molecule has 1 atom stereocenters. The number of Topliss-reactive ketones (excluding diaryl/α,β-unsaturated/α-hetero) is 1. The average molecular weight is 307 g/mol. The molecule has 1 saturated heterocycles. The molecule has 0 spiro atoms. The van der Waals surface area contributed by atoms with Gasteiger partial charge < -0.3 is 9.32 Å². The van der Waals surface area contributed by atoms with Crippen LogP contribution in [-0.4, -0.2) is 55.4 Å².